The number of aliphatic imine (C=N–C) groups is 1. The summed E-state index contributed by atoms with van der Waals surface area (Å²) in [6.45, 7) is 8.10. The molecule has 1 aliphatic heterocycles. The van der Waals surface area contributed by atoms with Crippen LogP contribution in [0, 0.1) is 12.8 Å². The molecule has 0 aliphatic carbocycles. The number of rotatable bonds is 8. The van der Waals surface area contributed by atoms with Crippen LogP contribution in [0.4, 0.5) is 0 Å². The van der Waals surface area contributed by atoms with E-state index in [1.807, 2.05) is 38.2 Å². The standard InChI is InChI=1S/C20H34N4O3S/c1-5-21-20(22-16-18-10-12-24(13-11-18)28(4,25)26)23(3)14-15-27-19-9-7-6-8-17(19)2/h6-9,18H,5,10-16H2,1-4H3,(H,21,22). The van der Waals surface area contributed by atoms with Gasteiger partial charge in [0.25, 0.3) is 0 Å². The van der Waals surface area contributed by atoms with Crippen LogP contribution in [-0.2, 0) is 10.0 Å². The molecule has 1 fully saturated rings. The molecule has 0 bridgehead atoms. The highest BCUT2D eigenvalue weighted by molar-refractivity contribution is 7.88. The first kappa shape index (κ1) is 22.5. The Morgan fingerprint density at radius 3 is 2.61 bits per heavy atom. The van der Waals surface area contributed by atoms with Gasteiger partial charge in [0.1, 0.15) is 12.4 Å². The third kappa shape index (κ3) is 6.98. The topological polar surface area (TPSA) is 74.2 Å². The van der Waals surface area contributed by atoms with E-state index in [0.29, 0.717) is 32.2 Å². The van der Waals surface area contributed by atoms with Crippen LogP contribution in [-0.4, -0.2) is 76.2 Å². The van der Waals surface area contributed by atoms with Gasteiger partial charge in [0.15, 0.2) is 5.96 Å². The van der Waals surface area contributed by atoms with Gasteiger partial charge in [0.2, 0.25) is 10.0 Å². The fourth-order valence-corrected chi connectivity index (χ4v) is 4.10. The highest BCUT2D eigenvalue weighted by atomic mass is 32.2. The Labute approximate surface area is 169 Å². The predicted molar refractivity (Wildman–Crippen MR) is 114 cm³/mol. The third-order valence-corrected chi connectivity index (χ3v) is 6.32. The first-order valence-corrected chi connectivity index (χ1v) is 11.8. The van der Waals surface area contributed by atoms with Crippen LogP contribution >= 0.6 is 0 Å². The van der Waals surface area contributed by atoms with Crippen LogP contribution in [0.1, 0.15) is 25.3 Å². The molecule has 1 aromatic rings. The van der Waals surface area contributed by atoms with Crippen molar-refractivity contribution in [3.05, 3.63) is 29.8 Å². The predicted octanol–water partition coefficient (Wildman–Crippen LogP) is 1.94. The van der Waals surface area contributed by atoms with Gasteiger partial charge in [0.05, 0.1) is 12.8 Å². The Hall–Kier alpha value is -1.80. The molecule has 0 aromatic heterocycles. The molecule has 28 heavy (non-hydrogen) atoms. The maximum absolute atomic E-state index is 11.6. The zero-order valence-electron chi connectivity index (χ0n) is 17.5. The molecule has 158 valence electrons. The summed E-state index contributed by atoms with van der Waals surface area (Å²) in [5, 5.41) is 3.33. The molecule has 1 saturated heterocycles. The number of piperidine rings is 1. The number of benzene rings is 1. The van der Waals surface area contributed by atoms with E-state index in [0.717, 1.165) is 43.2 Å². The van der Waals surface area contributed by atoms with Gasteiger partial charge in [-0.05, 0) is 44.2 Å². The highest BCUT2D eigenvalue weighted by Gasteiger charge is 2.24. The lowest BCUT2D eigenvalue weighted by Gasteiger charge is -2.30. The summed E-state index contributed by atoms with van der Waals surface area (Å²) in [5.41, 5.74) is 1.13. The molecule has 1 heterocycles. The number of sulfonamides is 1. The largest absolute Gasteiger partial charge is 0.491 e. The molecule has 2 rings (SSSR count). The third-order valence-electron chi connectivity index (χ3n) is 5.02. The van der Waals surface area contributed by atoms with E-state index in [1.54, 1.807) is 4.31 Å². The number of para-hydroxylation sites is 1. The zero-order chi connectivity index (χ0) is 20.6. The average Bonchev–Trinajstić information content (AvgIpc) is 2.66. The molecular formula is C20H34N4O3S. The second-order valence-corrected chi connectivity index (χ2v) is 9.32. The molecular weight excluding hydrogens is 376 g/mol. The van der Waals surface area contributed by atoms with E-state index in [2.05, 4.69) is 17.1 Å². The molecule has 0 unspecified atom stereocenters. The van der Waals surface area contributed by atoms with Crippen molar-refractivity contribution in [3.8, 4) is 5.75 Å². The Morgan fingerprint density at radius 1 is 1.32 bits per heavy atom. The van der Waals surface area contributed by atoms with Crippen molar-refractivity contribution in [1.82, 2.24) is 14.5 Å². The maximum atomic E-state index is 11.6. The van der Waals surface area contributed by atoms with E-state index < -0.39 is 10.0 Å². The Morgan fingerprint density at radius 2 is 2.00 bits per heavy atom. The Bertz CT molecular complexity index is 744. The lowest BCUT2D eigenvalue weighted by molar-refractivity contribution is 0.274. The highest BCUT2D eigenvalue weighted by Crippen LogP contribution is 2.19. The van der Waals surface area contributed by atoms with Crippen LogP contribution in [0.25, 0.3) is 0 Å². The van der Waals surface area contributed by atoms with Gasteiger partial charge in [-0.2, -0.15) is 0 Å². The minimum atomic E-state index is -3.08. The second-order valence-electron chi connectivity index (χ2n) is 7.34. The van der Waals surface area contributed by atoms with Gasteiger partial charge in [0, 0.05) is 33.2 Å². The first-order valence-electron chi connectivity index (χ1n) is 9.94. The van der Waals surface area contributed by atoms with E-state index in [1.165, 1.54) is 6.26 Å². The van der Waals surface area contributed by atoms with Crippen molar-refractivity contribution in [2.24, 2.45) is 10.9 Å². The van der Waals surface area contributed by atoms with Crippen LogP contribution in [0.3, 0.4) is 0 Å². The molecule has 7 nitrogen and oxygen atoms in total. The number of likely N-dealkylation sites (N-methyl/N-ethyl adjacent to an activating group) is 1. The van der Waals surface area contributed by atoms with Crippen LogP contribution in [0.2, 0.25) is 0 Å². The summed E-state index contributed by atoms with van der Waals surface area (Å²) >= 11 is 0. The summed E-state index contributed by atoms with van der Waals surface area (Å²) in [4.78, 5) is 6.85. The normalized spacial score (nSPS) is 16.8. The fraction of sp³-hybridized carbons (Fsp3) is 0.650. The van der Waals surface area contributed by atoms with Crippen molar-refractivity contribution in [3.63, 3.8) is 0 Å². The van der Waals surface area contributed by atoms with Crippen molar-refractivity contribution in [1.29, 1.82) is 0 Å². The van der Waals surface area contributed by atoms with Gasteiger partial charge in [-0.1, -0.05) is 18.2 Å². The second kappa shape index (κ2) is 10.7. The summed E-state index contributed by atoms with van der Waals surface area (Å²) in [7, 11) is -1.07. The fourth-order valence-electron chi connectivity index (χ4n) is 3.23. The molecule has 8 heteroatoms. The Kier molecular flexibility index (Phi) is 8.57. The van der Waals surface area contributed by atoms with E-state index in [4.69, 9.17) is 9.73 Å². The van der Waals surface area contributed by atoms with Crippen LogP contribution in [0.15, 0.2) is 29.3 Å². The molecule has 0 amide bonds. The number of hydrogen-bond donors (Lipinski definition) is 1. The number of nitrogens with zero attached hydrogens (tertiary/aromatic N) is 3. The lowest BCUT2D eigenvalue weighted by Crippen LogP contribution is -2.42. The SMILES string of the molecule is CCNC(=NCC1CCN(S(C)(=O)=O)CC1)N(C)CCOc1ccccc1C. The molecule has 1 N–H and O–H groups in total. The summed E-state index contributed by atoms with van der Waals surface area (Å²) < 4.78 is 30.7. The number of nitrogens with one attached hydrogen (secondary N) is 1. The van der Waals surface area contributed by atoms with E-state index in [9.17, 15) is 8.42 Å². The van der Waals surface area contributed by atoms with Gasteiger partial charge >= 0.3 is 0 Å². The number of ether oxygens (including phenoxy) is 1. The molecule has 1 aromatic carbocycles. The van der Waals surface area contributed by atoms with E-state index >= 15 is 0 Å². The summed E-state index contributed by atoms with van der Waals surface area (Å²) in [5.74, 6) is 2.19. The summed E-state index contributed by atoms with van der Waals surface area (Å²) in [6, 6.07) is 8.01. The maximum Gasteiger partial charge on any atom is 0.211 e. The van der Waals surface area contributed by atoms with Gasteiger partial charge in [-0.15, -0.1) is 0 Å². The van der Waals surface area contributed by atoms with E-state index in [-0.39, 0.29) is 0 Å². The molecule has 0 atom stereocenters. The van der Waals surface area contributed by atoms with Gasteiger partial charge < -0.3 is 15.0 Å². The molecule has 0 saturated carbocycles. The van der Waals surface area contributed by atoms with Crippen LogP contribution in [0.5, 0.6) is 5.75 Å². The van der Waals surface area contributed by atoms with Crippen molar-refractivity contribution >= 4 is 16.0 Å². The number of hydrogen-bond acceptors (Lipinski definition) is 4. The molecule has 0 radical (unpaired) electrons. The lowest BCUT2D eigenvalue weighted by atomic mass is 9.98. The molecule has 1 aliphatic rings. The molecule has 0 spiro atoms. The van der Waals surface area contributed by atoms with Gasteiger partial charge in [-0.3, -0.25) is 4.99 Å². The summed E-state index contributed by atoms with van der Waals surface area (Å²) in [6.07, 6.45) is 2.99. The monoisotopic (exact) mass is 410 g/mol. The van der Waals surface area contributed by atoms with Gasteiger partial charge in [-0.25, -0.2) is 12.7 Å². The smallest absolute Gasteiger partial charge is 0.211 e. The first-order chi connectivity index (χ1) is 13.3. The number of guanidine groups is 1. The zero-order valence-corrected chi connectivity index (χ0v) is 18.3. The van der Waals surface area contributed by atoms with Crippen LogP contribution < -0.4 is 10.1 Å². The number of aryl methyl sites for hydroxylation is 1. The Balaban J connectivity index is 1.83. The van der Waals surface area contributed by atoms with Crippen molar-refractivity contribution < 1.29 is 13.2 Å². The minimum absolute atomic E-state index is 0.420. The quantitative estimate of drug-likeness (QED) is 0.524. The minimum Gasteiger partial charge on any atom is -0.491 e. The average molecular weight is 411 g/mol. The van der Waals surface area contributed by atoms with Crippen molar-refractivity contribution in [2.75, 3.05) is 52.6 Å². The van der Waals surface area contributed by atoms with Crippen molar-refractivity contribution in [2.45, 2.75) is 26.7 Å².